The molecule has 1 aliphatic heterocycles. The van der Waals surface area contributed by atoms with Crippen LogP contribution >= 0.6 is 0 Å². The highest BCUT2D eigenvalue weighted by atomic mass is 32.2. The van der Waals surface area contributed by atoms with E-state index in [2.05, 4.69) is 10.6 Å². The van der Waals surface area contributed by atoms with Gasteiger partial charge in [-0.3, -0.25) is 9.59 Å². The van der Waals surface area contributed by atoms with Crippen molar-refractivity contribution in [3.8, 4) is 0 Å². The Morgan fingerprint density at radius 3 is 2.45 bits per heavy atom. The quantitative estimate of drug-likeness (QED) is 0.560. The number of nitrogens with zero attached hydrogens (tertiary/aromatic N) is 1. The molecule has 0 aromatic heterocycles. The van der Waals surface area contributed by atoms with Gasteiger partial charge in [0.15, 0.2) is 0 Å². The number of benzene rings is 3. The van der Waals surface area contributed by atoms with Gasteiger partial charge in [0.1, 0.15) is 6.04 Å². The number of rotatable bonds is 7. The topological polar surface area (TPSA) is 95.6 Å². The van der Waals surface area contributed by atoms with Crippen molar-refractivity contribution in [2.75, 3.05) is 18.4 Å². The number of anilines is 1. The number of fused-ring (bicyclic) bond motifs is 1. The average Bonchev–Trinajstić information content (AvgIpc) is 3.35. The van der Waals surface area contributed by atoms with Gasteiger partial charge in [0.25, 0.3) is 0 Å². The predicted octanol–water partition coefficient (Wildman–Crippen LogP) is 3.31. The highest BCUT2D eigenvalue weighted by Crippen LogP contribution is 2.23. The van der Waals surface area contributed by atoms with Gasteiger partial charge in [0, 0.05) is 18.8 Å². The van der Waals surface area contributed by atoms with E-state index < -0.39 is 22.0 Å². The van der Waals surface area contributed by atoms with E-state index >= 15 is 0 Å². The number of nitrogens with one attached hydrogen (secondary N) is 2. The molecule has 4 rings (SSSR count). The van der Waals surface area contributed by atoms with Crippen LogP contribution in [0.3, 0.4) is 0 Å². The monoisotopic (exact) mass is 465 g/mol. The standard InChI is InChI=1S/C25H27N3O4S/c1-18(26-24(29)16-20-10-6-9-19-8-2-3-13-23(19)20)25(30)27-21-11-7-12-22(17-21)33(31,32)28-14-4-5-15-28/h2-3,6-13,17-18H,4-5,14-16H2,1H3,(H,26,29)(H,27,30)/t18-/m0/s1. The van der Waals surface area contributed by atoms with Crippen molar-refractivity contribution in [2.24, 2.45) is 0 Å². The molecule has 3 aromatic rings. The Bertz CT molecular complexity index is 1280. The maximum atomic E-state index is 12.8. The molecule has 1 heterocycles. The third-order valence-electron chi connectivity index (χ3n) is 5.81. The van der Waals surface area contributed by atoms with Crippen molar-refractivity contribution in [1.82, 2.24) is 9.62 Å². The zero-order valence-electron chi connectivity index (χ0n) is 18.5. The molecule has 8 heteroatoms. The highest BCUT2D eigenvalue weighted by Gasteiger charge is 2.27. The zero-order chi connectivity index (χ0) is 23.4. The van der Waals surface area contributed by atoms with E-state index in [1.807, 2.05) is 42.5 Å². The Morgan fingerprint density at radius 1 is 0.970 bits per heavy atom. The molecule has 0 spiro atoms. The molecular formula is C25H27N3O4S. The first-order chi connectivity index (χ1) is 15.8. The van der Waals surface area contributed by atoms with Gasteiger partial charge in [-0.05, 0) is 54.3 Å². The van der Waals surface area contributed by atoms with Crippen molar-refractivity contribution >= 4 is 38.3 Å². The number of amides is 2. The lowest BCUT2D eigenvalue weighted by atomic mass is 10.0. The third-order valence-corrected chi connectivity index (χ3v) is 7.70. The van der Waals surface area contributed by atoms with Crippen LogP contribution in [0.4, 0.5) is 5.69 Å². The Kier molecular flexibility index (Phi) is 6.76. The minimum atomic E-state index is -3.58. The molecule has 1 atom stereocenters. The first-order valence-corrected chi connectivity index (χ1v) is 12.5. The molecule has 3 aromatic carbocycles. The Labute approximate surface area is 193 Å². The molecule has 0 saturated carbocycles. The fourth-order valence-corrected chi connectivity index (χ4v) is 5.60. The normalized spacial score (nSPS) is 15.3. The molecule has 0 aliphatic carbocycles. The maximum absolute atomic E-state index is 12.8. The van der Waals surface area contributed by atoms with Gasteiger partial charge >= 0.3 is 0 Å². The fourth-order valence-electron chi connectivity index (χ4n) is 4.04. The number of hydrogen-bond donors (Lipinski definition) is 2. The molecular weight excluding hydrogens is 438 g/mol. The predicted molar refractivity (Wildman–Crippen MR) is 128 cm³/mol. The van der Waals surface area contributed by atoms with E-state index in [9.17, 15) is 18.0 Å². The van der Waals surface area contributed by atoms with Crippen LogP contribution in [-0.4, -0.2) is 43.7 Å². The Balaban J connectivity index is 1.39. The molecule has 2 amide bonds. The number of carbonyl (C=O) groups is 2. The third kappa shape index (κ3) is 5.23. The second-order valence-corrected chi connectivity index (χ2v) is 10.2. The molecule has 0 unspecified atom stereocenters. The van der Waals surface area contributed by atoms with Crippen LogP contribution in [0.1, 0.15) is 25.3 Å². The molecule has 172 valence electrons. The summed E-state index contributed by atoms with van der Waals surface area (Å²) in [7, 11) is -3.58. The van der Waals surface area contributed by atoms with E-state index in [-0.39, 0.29) is 17.2 Å². The minimum Gasteiger partial charge on any atom is -0.344 e. The molecule has 1 saturated heterocycles. The van der Waals surface area contributed by atoms with E-state index in [1.54, 1.807) is 19.1 Å². The SMILES string of the molecule is C[C@H](NC(=O)Cc1cccc2ccccc12)C(=O)Nc1cccc(S(=O)(=O)N2CCCC2)c1. The number of hydrogen-bond acceptors (Lipinski definition) is 4. The van der Waals surface area contributed by atoms with Gasteiger partial charge in [-0.15, -0.1) is 0 Å². The average molecular weight is 466 g/mol. The van der Waals surface area contributed by atoms with Gasteiger partial charge < -0.3 is 10.6 Å². The molecule has 1 fully saturated rings. The van der Waals surface area contributed by atoms with Crippen LogP contribution in [0.25, 0.3) is 10.8 Å². The molecule has 7 nitrogen and oxygen atoms in total. The molecule has 1 aliphatic rings. The second-order valence-electron chi connectivity index (χ2n) is 8.23. The molecule has 0 bridgehead atoms. The van der Waals surface area contributed by atoms with Crippen LogP contribution in [0, 0.1) is 0 Å². The first kappa shape index (κ1) is 22.9. The van der Waals surface area contributed by atoms with Crippen molar-refractivity contribution < 1.29 is 18.0 Å². The number of sulfonamides is 1. The summed E-state index contributed by atoms with van der Waals surface area (Å²) in [5.74, 6) is -0.684. The Morgan fingerprint density at radius 2 is 1.67 bits per heavy atom. The summed E-state index contributed by atoms with van der Waals surface area (Å²) in [5, 5.41) is 7.49. The summed E-state index contributed by atoms with van der Waals surface area (Å²) in [6.45, 7) is 2.62. The zero-order valence-corrected chi connectivity index (χ0v) is 19.3. The largest absolute Gasteiger partial charge is 0.344 e. The van der Waals surface area contributed by atoms with Crippen molar-refractivity contribution in [3.63, 3.8) is 0 Å². The lowest BCUT2D eigenvalue weighted by molar-refractivity contribution is -0.125. The summed E-state index contributed by atoms with van der Waals surface area (Å²) in [6.07, 6.45) is 1.86. The van der Waals surface area contributed by atoms with Crippen LogP contribution in [0.15, 0.2) is 71.6 Å². The van der Waals surface area contributed by atoms with Crippen molar-refractivity contribution in [1.29, 1.82) is 0 Å². The summed E-state index contributed by atoms with van der Waals surface area (Å²) in [5.41, 5.74) is 1.26. The smallest absolute Gasteiger partial charge is 0.246 e. The van der Waals surface area contributed by atoms with E-state index in [0.717, 1.165) is 29.2 Å². The molecule has 0 radical (unpaired) electrons. The summed E-state index contributed by atoms with van der Waals surface area (Å²) in [4.78, 5) is 25.4. The lowest BCUT2D eigenvalue weighted by Crippen LogP contribution is -2.42. The van der Waals surface area contributed by atoms with Gasteiger partial charge in [0.05, 0.1) is 11.3 Å². The summed E-state index contributed by atoms with van der Waals surface area (Å²) >= 11 is 0. The lowest BCUT2D eigenvalue weighted by Gasteiger charge is -2.17. The first-order valence-electron chi connectivity index (χ1n) is 11.0. The second kappa shape index (κ2) is 9.72. The summed E-state index contributed by atoms with van der Waals surface area (Å²) in [6, 6.07) is 19.1. The van der Waals surface area contributed by atoms with Crippen LogP contribution < -0.4 is 10.6 Å². The van der Waals surface area contributed by atoms with Gasteiger partial charge in [0.2, 0.25) is 21.8 Å². The summed E-state index contributed by atoms with van der Waals surface area (Å²) < 4.78 is 27.0. The van der Waals surface area contributed by atoms with Crippen LogP contribution in [0.2, 0.25) is 0 Å². The van der Waals surface area contributed by atoms with Crippen molar-refractivity contribution in [3.05, 3.63) is 72.3 Å². The minimum absolute atomic E-state index is 0.148. The van der Waals surface area contributed by atoms with E-state index in [0.29, 0.717) is 18.8 Å². The van der Waals surface area contributed by atoms with E-state index in [1.165, 1.54) is 16.4 Å². The van der Waals surface area contributed by atoms with Crippen LogP contribution in [0.5, 0.6) is 0 Å². The Hall–Kier alpha value is -3.23. The van der Waals surface area contributed by atoms with Gasteiger partial charge in [-0.1, -0.05) is 48.5 Å². The number of carbonyl (C=O) groups excluding carboxylic acids is 2. The van der Waals surface area contributed by atoms with E-state index in [4.69, 9.17) is 0 Å². The van der Waals surface area contributed by atoms with Crippen LogP contribution in [-0.2, 0) is 26.0 Å². The fraction of sp³-hybridized carbons (Fsp3) is 0.280. The van der Waals surface area contributed by atoms with Crippen molar-refractivity contribution in [2.45, 2.75) is 37.1 Å². The van der Waals surface area contributed by atoms with Gasteiger partial charge in [-0.2, -0.15) is 4.31 Å². The maximum Gasteiger partial charge on any atom is 0.246 e. The molecule has 33 heavy (non-hydrogen) atoms. The molecule has 2 N–H and O–H groups in total. The van der Waals surface area contributed by atoms with Gasteiger partial charge in [-0.25, -0.2) is 8.42 Å². The highest BCUT2D eigenvalue weighted by molar-refractivity contribution is 7.89.